The van der Waals surface area contributed by atoms with Crippen molar-refractivity contribution in [2.75, 3.05) is 13.6 Å². The number of hydrogen-bond donors (Lipinski definition) is 1. The largest absolute Gasteiger partial charge is 0.444 e. The Balaban J connectivity index is 2.24. The van der Waals surface area contributed by atoms with Gasteiger partial charge < -0.3 is 15.0 Å². The smallest absolute Gasteiger partial charge is 0.408 e. The highest BCUT2D eigenvalue weighted by atomic mass is 32.1. The zero-order valence-corrected chi connectivity index (χ0v) is 17.3. The lowest BCUT2D eigenvalue weighted by Gasteiger charge is -2.22. The van der Waals surface area contributed by atoms with Crippen molar-refractivity contribution in [2.24, 2.45) is 0 Å². The summed E-state index contributed by atoms with van der Waals surface area (Å²) in [6.07, 6.45) is 4.11. The van der Waals surface area contributed by atoms with Crippen LogP contribution in [0.4, 0.5) is 4.79 Å². The summed E-state index contributed by atoms with van der Waals surface area (Å²) in [7, 11) is 1.74. The predicted octanol–water partition coefficient (Wildman–Crippen LogP) is 3.28. The van der Waals surface area contributed by atoms with E-state index in [2.05, 4.69) is 20.3 Å². The van der Waals surface area contributed by atoms with Crippen LogP contribution in [0.15, 0.2) is 18.6 Å². The number of ether oxygens (including phenoxy) is 1. The Morgan fingerprint density at radius 1 is 1.26 bits per heavy atom. The Bertz CT molecular complexity index is 815. The summed E-state index contributed by atoms with van der Waals surface area (Å²) in [5, 5.41) is 3.33. The Kier molecular flexibility index (Phi) is 6.48. The van der Waals surface area contributed by atoms with Gasteiger partial charge in [0.25, 0.3) is 5.91 Å². The van der Waals surface area contributed by atoms with E-state index in [1.165, 1.54) is 11.3 Å². The number of carbonyl (C=O) groups is 2. The van der Waals surface area contributed by atoms with Gasteiger partial charge in [-0.2, -0.15) is 0 Å². The number of thiazole rings is 1. The van der Waals surface area contributed by atoms with E-state index in [0.717, 1.165) is 0 Å². The number of alkyl carbamates (subject to hydrolysis) is 1. The maximum absolute atomic E-state index is 12.3. The summed E-state index contributed by atoms with van der Waals surface area (Å²) < 4.78 is 5.29. The average Bonchev–Trinajstić information content (AvgIpc) is 3.08. The highest BCUT2D eigenvalue weighted by molar-refractivity contribution is 7.16. The highest BCUT2D eigenvalue weighted by Gasteiger charge is 2.23. The molecule has 0 spiro atoms. The summed E-state index contributed by atoms with van der Waals surface area (Å²) in [4.78, 5) is 39.5. The minimum atomic E-state index is -0.592. The van der Waals surface area contributed by atoms with Gasteiger partial charge in [0, 0.05) is 26.0 Å². The molecular weight excluding hydrogens is 366 g/mol. The Morgan fingerprint density at radius 2 is 1.93 bits per heavy atom. The molecule has 0 unspecified atom stereocenters. The van der Waals surface area contributed by atoms with Gasteiger partial charge in [0.2, 0.25) is 0 Å². The fraction of sp³-hybridized carbons (Fsp3) is 0.500. The lowest BCUT2D eigenvalue weighted by molar-refractivity contribution is 0.0506. The number of nitrogens with zero attached hydrogens (tertiary/aromatic N) is 4. The van der Waals surface area contributed by atoms with E-state index in [9.17, 15) is 9.59 Å². The maximum Gasteiger partial charge on any atom is 0.408 e. The normalized spacial score (nSPS) is 12.4. The molecule has 0 aromatic carbocycles. The summed E-state index contributed by atoms with van der Waals surface area (Å²) in [6.45, 7) is 9.71. The molecule has 0 bridgehead atoms. The van der Waals surface area contributed by atoms with E-state index in [1.807, 2.05) is 6.92 Å². The van der Waals surface area contributed by atoms with Gasteiger partial charge >= 0.3 is 6.09 Å². The molecule has 0 saturated carbocycles. The molecule has 27 heavy (non-hydrogen) atoms. The van der Waals surface area contributed by atoms with Crippen LogP contribution in [0.3, 0.4) is 0 Å². The van der Waals surface area contributed by atoms with Gasteiger partial charge in [0.1, 0.15) is 21.2 Å². The number of nitrogens with one attached hydrogen (secondary N) is 1. The first-order valence-electron chi connectivity index (χ1n) is 8.64. The van der Waals surface area contributed by atoms with Crippen molar-refractivity contribution in [1.29, 1.82) is 0 Å². The van der Waals surface area contributed by atoms with E-state index in [0.29, 0.717) is 27.8 Å². The fourth-order valence-electron chi connectivity index (χ4n) is 2.20. The van der Waals surface area contributed by atoms with E-state index in [4.69, 9.17) is 4.74 Å². The third-order valence-electron chi connectivity index (χ3n) is 3.61. The standard InChI is InChI=1S/C18H25N5O3S/c1-7-23(6)16(24)12-10-21-15(27-12)14-13(19-8-9-20-14)11(2)22-17(25)26-18(3,4)5/h8-11H,7H2,1-6H3,(H,22,25)/t11-/m0/s1. The second-order valence-electron chi connectivity index (χ2n) is 7.01. The van der Waals surface area contributed by atoms with Crippen molar-refractivity contribution in [2.45, 2.75) is 46.3 Å². The highest BCUT2D eigenvalue weighted by Crippen LogP contribution is 2.29. The van der Waals surface area contributed by atoms with E-state index < -0.39 is 17.7 Å². The number of carbonyl (C=O) groups excluding carboxylic acids is 2. The van der Waals surface area contributed by atoms with E-state index in [-0.39, 0.29) is 5.91 Å². The lowest BCUT2D eigenvalue weighted by Crippen LogP contribution is -2.34. The van der Waals surface area contributed by atoms with Gasteiger partial charge in [-0.05, 0) is 34.6 Å². The minimum Gasteiger partial charge on any atom is -0.444 e. The van der Waals surface area contributed by atoms with Crippen LogP contribution in [0.5, 0.6) is 0 Å². The molecule has 0 fully saturated rings. The van der Waals surface area contributed by atoms with Gasteiger partial charge in [-0.3, -0.25) is 14.8 Å². The molecule has 1 atom stereocenters. The molecule has 1 N–H and O–H groups in total. The first-order valence-corrected chi connectivity index (χ1v) is 9.46. The summed E-state index contributed by atoms with van der Waals surface area (Å²) in [6, 6.07) is -0.440. The maximum atomic E-state index is 12.3. The van der Waals surface area contributed by atoms with Crippen LogP contribution in [-0.2, 0) is 4.74 Å². The van der Waals surface area contributed by atoms with Crippen LogP contribution in [0, 0.1) is 0 Å². The molecule has 0 aliphatic rings. The van der Waals surface area contributed by atoms with Crippen molar-refractivity contribution >= 4 is 23.3 Å². The molecule has 0 aliphatic carbocycles. The van der Waals surface area contributed by atoms with Gasteiger partial charge in [-0.15, -0.1) is 11.3 Å². The Morgan fingerprint density at radius 3 is 2.56 bits per heavy atom. The summed E-state index contributed by atoms with van der Waals surface area (Å²) >= 11 is 1.25. The van der Waals surface area contributed by atoms with E-state index >= 15 is 0 Å². The van der Waals surface area contributed by atoms with Gasteiger partial charge in [0.05, 0.1) is 17.9 Å². The Labute approximate surface area is 163 Å². The second-order valence-corrected chi connectivity index (χ2v) is 8.04. The van der Waals surface area contributed by atoms with Crippen LogP contribution in [0.1, 0.15) is 56.0 Å². The van der Waals surface area contributed by atoms with Crippen LogP contribution >= 0.6 is 11.3 Å². The average molecular weight is 391 g/mol. The molecule has 2 heterocycles. The molecule has 2 rings (SSSR count). The molecule has 0 aliphatic heterocycles. The number of aromatic nitrogens is 3. The van der Waals surface area contributed by atoms with Crippen molar-refractivity contribution in [3.8, 4) is 10.7 Å². The van der Waals surface area contributed by atoms with Gasteiger partial charge in [0.15, 0.2) is 0 Å². The summed E-state index contributed by atoms with van der Waals surface area (Å²) in [5.41, 5.74) is 0.495. The van der Waals surface area contributed by atoms with Crippen LogP contribution < -0.4 is 5.32 Å². The topological polar surface area (TPSA) is 97.3 Å². The quantitative estimate of drug-likeness (QED) is 0.840. The monoisotopic (exact) mass is 391 g/mol. The molecule has 146 valence electrons. The second kappa shape index (κ2) is 8.43. The first kappa shape index (κ1) is 20.8. The molecule has 0 radical (unpaired) electrons. The SMILES string of the molecule is CCN(C)C(=O)c1cnc(-c2nccnc2[C@H](C)NC(=O)OC(C)(C)C)s1. The van der Waals surface area contributed by atoms with Crippen LogP contribution in [0.2, 0.25) is 0 Å². The van der Waals surface area contributed by atoms with Crippen LogP contribution in [0.25, 0.3) is 10.7 Å². The number of hydrogen-bond acceptors (Lipinski definition) is 7. The van der Waals surface area contributed by atoms with Crippen molar-refractivity contribution in [3.63, 3.8) is 0 Å². The number of amides is 2. The molecule has 8 nitrogen and oxygen atoms in total. The zero-order chi connectivity index (χ0) is 20.2. The molecule has 0 saturated heterocycles. The summed E-state index contributed by atoms with van der Waals surface area (Å²) in [5.74, 6) is -0.0911. The van der Waals surface area contributed by atoms with Crippen molar-refractivity contribution in [3.05, 3.63) is 29.2 Å². The third kappa shape index (κ3) is 5.46. The molecular formula is C18H25N5O3S. The third-order valence-corrected chi connectivity index (χ3v) is 4.60. The number of rotatable bonds is 5. The predicted molar refractivity (Wildman–Crippen MR) is 104 cm³/mol. The van der Waals surface area contributed by atoms with Crippen LogP contribution in [-0.4, -0.2) is 51.0 Å². The molecule has 9 heteroatoms. The van der Waals surface area contributed by atoms with Crippen molar-refractivity contribution < 1.29 is 14.3 Å². The van der Waals surface area contributed by atoms with Gasteiger partial charge in [-0.25, -0.2) is 9.78 Å². The zero-order valence-electron chi connectivity index (χ0n) is 16.4. The van der Waals surface area contributed by atoms with Gasteiger partial charge in [-0.1, -0.05) is 0 Å². The minimum absolute atomic E-state index is 0.0911. The lowest BCUT2D eigenvalue weighted by atomic mass is 10.2. The fourth-order valence-corrected chi connectivity index (χ4v) is 3.11. The van der Waals surface area contributed by atoms with Crippen molar-refractivity contribution in [1.82, 2.24) is 25.2 Å². The molecule has 2 amide bonds. The molecule has 2 aromatic rings. The Hall–Kier alpha value is -2.55. The first-order chi connectivity index (χ1) is 12.6. The molecule has 2 aromatic heterocycles. The van der Waals surface area contributed by atoms with E-state index in [1.54, 1.807) is 58.2 Å².